The van der Waals surface area contributed by atoms with Gasteiger partial charge in [-0.15, -0.1) is 0 Å². The van der Waals surface area contributed by atoms with Gasteiger partial charge >= 0.3 is 0 Å². The van der Waals surface area contributed by atoms with Crippen molar-refractivity contribution in [2.45, 2.75) is 0 Å². The van der Waals surface area contributed by atoms with Gasteiger partial charge < -0.3 is 4.74 Å². The normalized spacial score (nSPS) is 10.8. The molecule has 4 nitrogen and oxygen atoms in total. The fourth-order valence-corrected chi connectivity index (χ4v) is 2.36. The van der Waals surface area contributed by atoms with Crippen LogP contribution in [-0.2, 0) is 7.05 Å². The fourth-order valence-electron chi connectivity index (χ4n) is 2.23. The lowest BCUT2D eigenvalue weighted by molar-refractivity contribution is 0.415. The van der Waals surface area contributed by atoms with E-state index in [0.717, 1.165) is 5.56 Å². The van der Waals surface area contributed by atoms with Gasteiger partial charge in [0.25, 0.3) is 5.56 Å². The topological polar surface area (TPSA) is 44.1 Å². The average Bonchev–Trinajstić information content (AvgIpc) is 2.51. The molecule has 0 spiro atoms. The van der Waals surface area contributed by atoms with E-state index in [-0.39, 0.29) is 5.56 Å². The molecule has 0 fully saturated rings. The van der Waals surface area contributed by atoms with Crippen molar-refractivity contribution in [1.29, 1.82) is 0 Å². The summed E-state index contributed by atoms with van der Waals surface area (Å²) in [7, 11) is 3.28. The average molecular weight is 301 g/mol. The van der Waals surface area contributed by atoms with Crippen molar-refractivity contribution in [1.82, 2.24) is 9.55 Å². The van der Waals surface area contributed by atoms with Crippen LogP contribution in [0.25, 0.3) is 22.3 Å². The molecule has 0 radical (unpaired) electrons. The monoisotopic (exact) mass is 300 g/mol. The number of hydrogen-bond acceptors (Lipinski definition) is 3. The van der Waals surface area contributed by atoms with Gasteiger partial charge in [0.05, 0.1) is 18.0 Å². The predicted octanol–water partition coefficient (Wildman–Crippen LogP) is 3.26. The molecule has 0 aliphatic carbocycles. The Morgan fingerprint density at radius 1 is 1.14 bits per heavy atom. The maximum Gasteiger partial charge on any atom is 0.261 e. The summed E-state index contributed by atoms with van der Waals surface area (Å²) in [5, 5.41) is 1.18. The number of hydrogen-bond donors (Lipinski definition) is 0. The summed E-state index contributed by atoms with van der Waals surface area (Å²) < 4.78 is 6.69. The molecule has 1 aromatic heterocycles. The van der Waals surface area contributed by atoms with Gasteiger partial charge in [-0.1, -0.05) is 11.6 Å². The maximum absolute atomic E-state index is 12.5. The van der Waals surface area contributed by atoms with E-state index in [1.807, 2.05) is 12.1 Å². The van der Waals surface area contributed by atoms with E-state index < -0.39 is 0 Å². The van der Waals surface area contributed by atoms with Crippen LogP contribution in [-0.4, -0.2) is 16.7 Å². The smallest absolute Gasteiger partial charge is 0.261 e. The SMILES string of the molecule is COc1ccc2nc(-c3ccc(Cl)cc3)n(C)c(=O)c2c1. The summed E-state index contributed by atoms with van der Waals surface area (Å²) >= 11 is 5.90. The Morgan fingerprint density at radius 3 is 2.52 bits per heavy atom. The Kier molecular flexibility index (Phi) is 3.39. The minimum atomic E-state index is -0.108. The Morgan fingerprint density at radius 2 is 1.86 bits per heavy atom. The van der Waals surface area contributed by atoms with Crippen LogP contribution in [0.2, 0.25) is 5.02 Å². The van der Waals surface area contributed by atoms with Crippen LogP contribution in [0.4, 0.5) is 0 Å². The number of fused-ring (bicyclic) bond motifs is 1. The summed E-state index contributed by atoms with van der Waals surface area (Å²) in [5.74, 6) is 1.25. The highest BCUT2D eigenvalue weighted by molar-refractivity contribution is 6.30. The predicted molar refractivity (Wildman–Crippen MR) is 84.0 cm³/mol. The van der Waals surface area contributed by atoms with Crippen LogP contribution in [0.5, 0.6) is 5.75 Å². The molecule has 1 heterocycles. The number of halogens is 1. The van der Waals surface area contributed by atoms with Crippen LogP contribution in [0, 0.1) is 0 Å². The molecule has 3 rings (SSSR count). The number of nitrogens with zero attached hydrogens (tertiary/aromatic N) is 2. The van der Waals surface area contributed by atoms with Crippen molar-refractivity contribution in [2.24, 2.45) is 7.05 Å². The van der Waals surface area contributed by atoms with Crippen molar-refractivity contribution in [2.75, 3.05) is 7.11 Å². The van der Waals surface area contributed by atoms with Crippen LogP contribution in [0.15, 0.2) is 47.3 Å². The Hall–Kier alpha value is -2.33. The Labute approximate surface area is 126 Å². The Balaban J connectivity index is 2.28. The molecule has 0 saturated carbocycles. The summed E-state index contributed by atoms with van der Waals surface area (Å²) in [6.07, 6.45) is 0. The van der Waals surface area contributed by atoms with E-state index in [9.17, 15) is 4.79 Å². The number of methoxy groups -OCH3 is 1. The summed E-state index contributed by atoms with van der Waals surface area (Å²) in [6.45, 7) is 0. The molecule has 2 aromatic carbocycles. The standard InChI is InChI=1S/C16H13ClN2O2/c1-19-15(10-3-5-11(17)6-4-10)18-14-8-7-12(21-2)9-13(14)16(19)20/h3-9H,1-2H3. The highest BCUT2D eigenvalue weighted by Crippen LogP contribution is 2.22. The minimum Gasteiger partial charge on any atom is -0.497 e. The third-order valence-corrected chi connectivity index (χ3v) is 3.64. The van der Waals surface area contributed by atoms with E-state index in [0.29, 0.717) is 27.5 Å². The van der Waals surface area contributed by atoms with Gasteiger partial charge in [0.2, 0.25) is 0 Å². The van der Waals surface area contributed by atoms with Crippen molar-refractivity contribution in [3.05, 3.63) is 57.8 Å². The molecule has 3 aromatic rings. The third-order valence-electron chi connectivity index (χ3n) is 3.39. The highest BCUT2D eigenvalue weighted by Gasteiger charge is 2.10. The molecule has 21 heavy (non-hydrogen) atoms. The van der Waals surface area contributed by atoms with Crippen LogP contribution in [0.3, 0.4) is 0 Å². The number of benzene rings is 2. The second-order valence-electron chi connectivity index (χ2n) is 4.69. The van der Waals surface area contributed by atoms with E-state index in [4.69, 9.17) is 16.3 Å². The number of aromatic nitrogens is 2. The van der Waals surface area contributed by atoms with Crippen LogP contribution < -0.4 is 10.3 Å². The first-order valence-electron chi connectivity index (χ1n) is 6.41. The molecular weight excluding hydrogens is 288 g/mol. The van der Waals surface area contributed by atoms with Gasteiger partial charge in [-0.3, -0.25) is 9.36 Å². The second kappa shape index (κ2) is 5.22. The molecule has 0 unspecified atom stereocenters. The molecular formula is C16H13ClN2O2. The first-order chi connectivity index (χ1) is 10.1. The van der Waals surface area contributed by atoms with Gasteiger partial charge in [-0.2, -0.15) is 0 Å². The van der Waals surface area contributed by atoms with Crippen molar-refractivity contribution in [3.63, 3.8) is 0 Å². The fraction of sp³-hybridized carbons (Fsp3) is 0.125. The lowest BCUT2D eigenvalue weighted by Crippen LogP contribution is -2.20. The second-order valence-corrected chi connectivity index (χ2v) is 5.13. The lowest BCUT2D eigenvalue weighted by Gasteiger charge is -2.10. The highest BCUT2D eigenvalue weighted by atomic mass is 35.5. The number of rotatable bonds is 2. The van der Waals surface area contributed by atoms with Gasteiger partial charge in [-0.25, -0.2) is 4.98 Å². The van der Waals surface area contributed by atoms with Gasteiger partial charge in [0.1, 0.15) is 11.6 Å². The summed E-state index contributed by atoms with van der Waals surface area (Å²) in [4.78, 5) is 17.1. The van der Waals surface area contributed by atoms with Crippen LogP contribution in [0.1, 0.15) is 0 Å². The molecule has 0 amide bonds. The van der Waals surface area contributed by atoms with Crippen molar-refractivity contribution >= 4 is 22.5 Å². The first-order valence-corrected chi connectivity index (χ1v) is 6.78. The zero-order valence-electron chi connectivity index (χ0n) is 11.6. The molecule has 0 saturated heterocycles. The van der Waals surface area contributed by atoms with E-state index in [2.05, 4.69) is 4.98 Å². The van der Waals surface area contributed by atoms with Crippen molar-refractivity contribution in [3.8, 4) is 17.1 Å². The molecule has 0 bridgehead atoms. The van der Waals surface area contributed by atoms with Gasteiger partial charge in [0, 0.05) is 17.6 Å². The van der Waals surface area contributed by atoms with Gasteiger partial charge in [-0.05, 0) is 42.5 Å². The molecule has 5 heteroatoms. The molecule has 0 N–H and O–H groups in total. The molecule has 106 valence electrons. The van der Waals surface area contributed by atoms with E-state index in [1.54, 1.807) is 44.5 Å². The molecule has 0 aliphatic rings. The molecule has 0 atom stereocenters. The third kappa shape index (κ3) is 2.38. The largest absolute Gasteiger partial charge is 0.497 e. The summed E-state index contributed by atoms with van der Waals surface area (Å²) in [6, 6.07) is 12.5. The minimum absolute atomic E-state index is 0.108. The summed E-state index contributed by atoms with van der Waals surface area (Å²) in [5.41, 5.74) is 1.38. The lowest BCUT2D eigenvalue weighted by atomic mass is 10.2. The Bertz CT molecular complexity index is 870. The van der Waals surface area contributed by atoms with Gasteiger partial charge in [0.15, 0.2) is 0 Å². The number of ether oxygens (including phenoxy) is 1. The first kappa shape index (κ1) is 13.6. The zero-order chi connectivity index (χ0) is 15.0. The van der Waals surface area contributed by atoms with Crippen molar-refractivity contribution < 1.29 is 4.74 Å². The quantitative estimate of drug-likeness (QED) is 0.729. The van der Waals surface area contributed by atoms with E-state index in [1.165, 1.54) is 4.57 Å². The van der Waals surface area contributed by atoms with Crippen LogP contribution >= 0.6 is 11.6 Å². The zero-order valence-corrected chi connectivity index (χ0v) is 12.4. The van der Waals surface area contributed by atoms with E-state index >= 15 is 0 Å². The molecule has 0 aliphatic heterocycles. The maximum atomic E-state index is 12.5.